The summed E-state index contributed by atoms with van der Waals surface area (Å²) < 4.78 is 2.01. The molecule has 0 spiro atoms. The van der Waals surface area contributed by atoms with Crippen molar-refractivity contribution in [3.8, 4) is 0 Å². The molecule has 7 heteroatoms. The summed E-state index contributed by atoms with van der Waals surface area (Å²) in [4.78, 5) is 14.8. The molecule has 3 aromatic rings. The summed E-state index contributed by atoms with van der Waals surface area (Å²) >= 11 is 1.54. The number of rotatable bonds is 7. The van der Waals surface area contributed by atoms with Gasteiger partial charge in [0.25, 0.3) is 5.69 Å². The minimum absolute atomic E-state index is 0.0851. The van der Waals surface area contributed by atoms with Crippen molar-refractivity contribution in [2.75, 3.05) is 0 Å². The largest absolute Gasteiger partial charge is 0.390 e. The molecular weight excluding hydrogens is 338 g/mol. The molecular formula is C18H17N3O3S. The molecule has 0 aliphatic carbocycles. The first-order valence-corrected chi connectivity index (χ1v) is 8.71. The van der Waals surface area contributed by atoms with Crippen LogP contribution < -0.4 is 0 Å². The minimum Gasteiger partial charge on any atom is -0.390 e. The molecule has 0 atom stereocenters. The lowest BCUT2D eigenvalue weighted by Crippen LogP contribution is -2.00. The summed E-state index contributed by atoms with van der Waals surface area (Å²) in [5, 5.41) is 20.9. The third-order valence-electron chi connectivity index (χ3n) is 3.66. The van der Waals surface area contributed by atoms with Crippen LogP contribution in [0, 0.1) is 10.1 Å². The number of aliphatic hydroxyl groups excluding tert-OH is 1. The van der Waals surface area contributed by atoms with Gasteiger partial charge < -0.3 is 9.67 Å². The van der Waals surface area contributed by atoms with Crippen LogP contribution in [-0.4, -0.2) is 19.6 Å². The fourth-order valence-corrected chi connectivity index (χ4v) is 3.35. The van der Waals surface area contributed by atoms with Crippen molar-refractivity contribution in [3.63, 3.8) is 0 Å². The van der Waals surface area contributed by atoms with Crippen molar-refractivity contribution in [1.29, 1.82) is 0 Å². The summed E-state index contributed by atoms with van der Waals surface area (Å²) in [6.45, 7) is 0.573. The van der Waals surface area contributed by atoms with E-state index in [2.05, 4.69) is 4.98 Å². The number of nitro groups is 1. The number of aliphatic hydroxyl groups is 1. The first-order chi connectivity index (χ1) is 12.2. The van der Waals surface area contributed by atoms with E-state index < -0.39 is 4.92 Å². The average Bonchev–Trinajstić information content (AvgIpc) is 3.03. The molecule has 25 heavy (non-hydrogen) atoms. The van der Waals surface area contributed by atoms with Crippen LogP contribution in [0.25, 0.3) is 0 Å². The van der Waals surface area contributed by atoms with Crippen LogP contribution in [0.4, 0.5) is 5.69 Å². The van der Waals surface area contributed by atoms with E-state index in [9.17, 15) is 15.2 Å². The van der Waals surface area contributed by atoms with E-state index in [4.69, 9.17) is 0 Å². The average molecular weight is 355 g/mol. The van der Waals surface area contributed by atoms with Crippen molar-refractivity contribution >= 4 is 17.4 Å². The van der Waals surface area contributed by atoms with Crippen LogP contribution in [0.15, 0.2) is 66.0 Å². The van der Waals surface area contributed by atoms with E-state index in [1.54, 1.807) is 23.9 Å². The van der Waals surface area contributed by atoms with Crippen molar-refractivity contribution in [1.82, 2.24) is 9.55 Å². The highest BCUT2D eigenvalue weighted by Gasteiger charge is 2.10. The van der Waals surface area contributed by atoms with Crippen LogP contribution in [0.3, 0.4) is 0 Å². The molecule has 1 heterocycles. The van der Waals surface area contributed by atoms with Gasteiger partial charge in [-0.1, -0.05) is 54.2 Å². The summed E-state index contributed by atoms with van der Waals surface area (Å²) in [6, 6.07) is 16.6. The van der Waals surface area contributed by atoms with E-state index >= 15 is 0 Å². The van der Waals surface area contributed by atoms with Gasteiger partial charge in [-0.05, 0) is 11.1 Å². The van der Waals surface area contributed by atoms with E-state index in [0.29, 0.717) is 18.0 Å². The van der Waals surface area contributed by atoms with Gasteiger partial charge in [0.1, 0.15) is 0 Å². The number of thioether (sulfide) groups is 1. The molecule has 0 bridgehead atoms. The molecule has 0 amide bonds. The van der Waals surface area contributed by atoms with Crippen molar-refractivity contribution in [2.24, 2.45) is 0 Å². The fourth-order valence-electron chi connectivity index (χ4n) is 2.40. The molecule has 1 N–H and O–H groups in total. The predicted octanol–water partition coefficient (Wildman–Crippen LogP) is 3.62. The molecule has 2 aromatic carbocycles. The Labute approximate surface area is 149 Å². The summed E-state index contributed by atoms with van der Waals surface area (Å²) in [7, 11) is 0. The smallest absolute Gasteiger partial charge is 0.269 e. The SMILES string of the molecule is O=[N+]([O-])c1ccc(CSc2nc(CO)cn2Cc2ccccc2)cc1. The summed E-state index contributed by atoms with van der Waals surface area (Å²) in [5.41, 5.74) is 2.85. The number of imidazole rings is 1. The quantitative estimate of drug-likeness (QED) is 0.398. The van der Waals surface area contributed by atoms with Gasteiger partial charge in [0.05, 0.1) is 17.2 Å². The lowest BCUT2D eigenvalue weighted by atomic mass is 10.2. The maximum Gasteiger partial charge on any atom is 0.269 e. The van der Waals surface area contributed by atoms with Crippen molar-refractivity contribution < 1.29 is 10.0 Å². The number of hydrogen-bond acceptors (Lipinski definition) is 5. The van der Waals surface area contributed by atoms with Crippen molar-refractivity contribution in [2.45, 2.75) is 24.1 Å². The number of aromatic nitrogens is 2. The van der Waals surface area contributed by atoms with Gasteiger partial charge in [-0.2, -0.15) is 0 Å². The molecule has 0 saturated carbocycles. The summed E-state index contributed by atoms with van der Waals surface area (Å²) in [6.07, 6.45) is 1.85. The van der Waals surface area contributed by atoms with Gasteiger partial charge in [-0.25, -0.2) is 4.98 Å². The normalized spacial score (nSPS) is 10.8. The molecule has 0 radical (unpaired) electrons. The third kappa shape index (κ3) is 4.46. The molecule has 6 nitrogen and oxygen atoms in total. The maximum absolute atomic E-state index is 10.7. The number of non-ortho nitro benzene ring substituents is 1. The standard InChI is InChI=1S/C18H17N3O3S/c22-12-16-11-20(10-14-4-2-1-3-5-14)18(19-16)25-13-15-6-8-17(9-7-15)21(23)24/h1-9,11,22H,10,12-13H2. The highest BCUT2D eigenvalue weighted by Crippen LogP contribution is 2.24. The second kappa shape index (κ2) is 7.96. The van der Waals surface area contributed by atoms with E-state index in [0.717, 1.165) is 16.3 Å². The Morgan fingerprint density at radius 3 is 2.44 bits per heavy atom. The zero-order chi connectivity index (χ0) is 17.6. The highest BCUT2D eigenvalue weighted by molar-refractivity contribution is 7.98. The lowest BCUT2D eigenvalue weighted by Gasteiger charge is -2.07. The molecule has 0 fully saturated rings. The van der Waals surface area contributed by atoms with Crippen LogP contribution in [0.2, 0.25) is 0 Å². The second-order valence-electron chi connectivity index (χ2n) is 5.50. The van der Waals surface area contributed by atoms with Crippen LogP contribution in [0.1, 0.15) is 16.8 Å². The Bertz CT molecular complexity index is 848. The van der Waals surface area contributed by atoms with E-state index in [-0.39, 0.29) is 12.3 Å². The van der Waals surface area contributed by atoms with Crippen LogP contribution >= 0.6 is 11.8 Å². The topological polar surface area (TPSA) is 81.2 Å². The maximum atomic E-state index is 10.7. The number of hydrogen-bond donors (Lipinski definition) is 1. The van der Waals surface area contributed by atoms with Gasteiger partial charge in [-0.3, -0.25) is 10.1 Å². The first-order valence-electron chi connectivity index (χ1n) is 7.72. The molecule has 3 rings (SSSR count). The predicted molar refractivity (Wildman–Crippen MR) is 96.4 cm³/mol. The van der Waals surface area contributed by atoms with Gasteiger partial charge in [0.15, 0.2) is 5.16 Å². The number of nitrogens with zero attached hydrogens (tertiary/aromatic N) is 3. The number of benzene rings is 2. The first kappa shape index (κ1) is 17.2. The monoisotopic (exact) mass is 355 g/mol. The van der Waals surface area contributed by atoms with Gasteiger partial charge >= 0.3 is 0 Å². The Balaban J connectivity index is 1.73. The summed E-state index contributed by atoms with van der Waals surface area (Å²) in [5.74, 6) is 0.647. The van der Waals surface area contributed by atoms with Gasteiger partial charge in [0, 0.05) is 30.6 Å². The molecule has 0 aliphatic rings. The molecule has 128 valence electrons. The van der Waals surface area contributed by atoms with Crippen LogP contribution in [0.5, 0.6) is 0 Å². The Morgan fingerprint density at radius 2 is 1.80 bits per heavy atom. The Hall–Kier alpha value is -2.64. The van der Waals surface area contributed by atoms with Crippen LogP contribution in [-0.2, 0) is 18.9 Å². The minimum atomic E-state index is -0.406. The molecule has 0 unspecified atom stereocenters. The third-order valence-corrected chi connectivity index (χ3v) is 4.72. The fraction of sp³-hybridized carbons (Fsp3) is 0.167. The molecule has 0 aliphatic heterocycles. The molecule has 0 saturated heterocycles. The second-order valence-corrected chi connectivity index (χ2v) is 6.44. The zero-order valence-electron chi connectivity index (χ0n) is 13.4. The van der Waals surface area contributed by atoms with Crippen molar-refractivity contribution in [3.05, 3.63) is 87.7 Å². The molecule has 1 aromatic heterocycles. The number of nitro benzene ring substituents is 1. The van der Waals surface area contributed by atoms with Gasteiger partial charge in [0.2, 0.25) is 0 Å². The highest BCUT2D eigenvalue weighted by atomic mass is 32.2. The lowest BCUT2D eigenvalue weighted by molar-refractivity contribution is -0.384. The zero-order valence-corrected chi connectivity index (χ0v) is 14.2. The van der Waals surface area contributed by atoms with E-state index in [1.807, 2.05) is 41.1 Å². The van der Waals surface area contributed by atoms with E-state index in [1.165, 1.54) is 12.1 Å². The van der Waals surface area contributed by atoms with Gasteiger partial charge in [-0.15, -0.1) is 0 Å². The Morgan fingerprint density at radius 1 is 1.08 bits per heavy atom. The Kier molecular flexibility index (Phi) is 5.47.